The minimum atomic E-state index is 0.434. The first-order valence-electron chi connectivity index (χ1n) is 6.54. The molecule has 3 rings (SSSR count). The molecule has 3 heteroatoms. The summed E-state index contributed by atoms with van der Waals surface area (Å²) < 4.78 is 0. The van der Waals surface area contributed by atoms with Crippen molar-refractivity contribution in [3.05, 3.63) is 59.4 Å². The van der Waals surface area contributed by atoms with Crippen LogP contribution in [0, 0.1) is 11.3 Å². The summed E-state index contributed by atoms with van der Waals surface area (Å²) in [6.45, 7) is 0. The lowest BCUT2D eigenvalue weighted by Gasteiger charge is -2.26. The van der Waals surface area contributed by atoms with Gasteiger partial charge in [0.25, 0.3) is 0 Å². The van der Waals surface area contributed by atoms with Crippen LogP contribution in [0.3, 0.4) is 0 Å². The van der Waals surface area contributed by atoms with Gasteiger partial charge in [0, 0.05) is 17.9 Å². The fraction of sp³-hybridized carbons (Fsp3) is 0.250. The van der Waals surface area contributed by atoms with Crippen molar-refractivity contribution in [1.29, 1.82) is 5.26 Å². The second kappa shape index (κ2) is 5.11. The van der Waals surface area contributed by atoms with Gasteiger partial charge in [-0.25, -0.2) is 4.98 Å². The molecular weight excluding hydrogens is 234 g/mol. The summed E-state index contributed by atoms with van der Waals surface area (Å²) >= 11 is 0. The Balaban J connectivity index is 1.74. The van der Waals surface area contributed by atoms with Crippen LogP contribution in [0.25, 0.3) is 0 Å². The zero-order valence-corrected chi connectivity index (χ0v) is 10.6. The molecule has 1 N–H and O–H groups in total. The molecule has 0 saturated carbocycles. The summed E-state index contributed by atoms with van der Waals surface area (Å²) in [4.78, 5) is 3.99. The Labute approximate surface area is 112 Å². The minimum absolute atomic E-state index is 0.434. The third-order valence-electron chi connectivity index (χ3n) is 3.59. The summed E-state index contributed by atoms with van der Waals surface area (Å²) in [5, 5.41) is 12.4. The first-order chi connectivity index (χ1) is 9.35. The molecule has 0 saturated heterocycles. The van der Waals surface area contributed by atoms with Crippen LogP contribution in [0.15, 0.2) is 42.6 Å². The van der Waals surface area contributed by atoms with Gasteiger partial charge in [0.05, 0.1) is 0 Å². The van der Waals surface area contributed by atoms with E-state index in [1.54, 1.807) is 12.3 Å². The first kappa shape index (κ1) is 11.7. The highest BCUT2D eigenvalue weighted by Crippen LogP contribution is 2.23. The van der Waals surface area contributed by atoms with E-state index in [-0.39, 0.29) is 0 Å². The average molecular weight is 249 g/mol. The van der Waals surface area contributed by atoms with Gasteiger partial charge < -0.3 is 5.32 Å². The normalized spacial score (nSPS) is 17.3. The Kier molecular flexibility index (Phi) is 3.16. The number of nitrogens with zero attached hydrogens (tertiary/aromatic N) is 2. The molecule has 1 aromatic carbocycles. The Bertz CT molecular complexity index is 628. The van der Waals surface area contributed by atoms with Gasteiger partial charge in [-0.05, 0) is 42.5 Å². The average Bonchev–Trinajstić information content (AvgIpc) is 2.47. The molecule has 0 radical (unpaired) electrons. The smallest absolute Gasteiger partial charge is 0.142 e. The third-order valence-corrected chi connectivity index (χ3v) is 3.59. The van der Waals surface area contributed by atoms with Crippen molar-refractivity contribution >= 4 is 5.69 Å². The topological polar surface area (TPSA) is 48.7 Å². The molecule has 1 unspecified atom stereocenters. The van der Waals surface area contributed by atoms with Crippen LogP contribution < -0.4 is 5.32 Å². The van der Waals surface area contributed by atoms with Gasteiger partial charge in [-0.3, -0.25) is 0 Å². The molecule has 94 valence electrons. The van der Waals surface area contributed by atoms with Gasteiger partial charge in [0.15, 0.2) is 0 Å². The van der Waals surface area contributed by atoms with Crippen molar-refractivity contribution in [2.24, 2.45) is 0 Å². The quantitative estimate of drug-likeness (QED) is 0.890. The van der Waals surface area contributed by atoms with Crippen LogP contribution in [-0.2, 0) is 12.8 Å². The molecule has 1 aliphatic rings. The van der Waals surface area contributed by atoms with E-state index in [1.807, 2.05) is 6.07 Å². The van der Waals surface area contributed by atoms with Gasteiger partial charge in [-0.1, -0.05) is 24.3 Å². The predicted octanol–water partition coefficient (Wildman–Crippen LogP) is 2.92. The highest BCUT2D eigenvalue weighted by molar-refractivity contribution is 5.47. The maximum atomic E-state index is 8.86. The van der Waals surface area contributed by atoms with E-state index >= 15 is 0 Å². The molecule has 1 heterocycles. The third kappa shape index (κ3) is 2.58. The highest BCUT2D eigenvalue weighted by Gasteiger charge is 2.17. The van der Waals surface area contributed by atoms with Crippen LogP contribution >= 0.6 is 0 Å². The highest BCUT2D eigenvalue weighted by atomic mass is 14.9. The molecule has 19 heavy (non-hydrogen) atoms. The number of anilines is 1. The summed E-state index contributed by atoms with van der Waals surface area (Å²) in [5.41, 5.74) is 4.34. The number of aryl methyl sites for hydroxylation is 1. The lowest BCUT2D eigenvalue weighted by Crippen LogP contribution is -2.27. The fourth-order valence-electron chi connectivity index (χ4n) is 2.64. The van der Waals surface area contributed by atoms with E-state index in [0.717, 1.165) is 24.9 Å². The molecule has 3 nitrogen and oxygen atoms in total. The lowest BCUT2D eigenvalue weighted by atomic mass is 9.88. The van der Waals surface area contributed by atoms with Crippen LogP contribution in [0.4, 0.5) is 5.69 Å². The van der Waals surface area contributed by atoms with Crippen LogP contribution in [0.1, 0.15) is 23.2 Å². The Morgan fingerprint density at radius 3 is 2.89 bits per heavy atom. The number of benzene rings is 1. The van der Waals surface area contributed by atoms with E-state index in [9.17, 15) is 0 Å². The minimum Gasteiger partial charge on any atom is -0.382 e. The summed E-state index contributed by atoms with van der Waals surface area (Å²) in [6, 6.07) is 14.9. The first-order valence-corrected chi connectivity index (χ1v) is 6.54. The van der Waals surface area contributed by atoms with Crippen LogP contribution in [-0.4, -0.2) is 11.0 Å². The van der Waals surface area contributed by atoms with Crippen molar-refractivity contribution in [2.75, 3.05) is 5.32 Å². The Morgan fingerprint density at radius 1 is 1.21 bits per heavy atom. The van der Waals surface area contributed by atoms with Crippen LogP contribution in [0.5, 0.6) is 0 Å². The van der Waals surface area contributed by atoms with E-state index < -0.39 is 0 Å². The second-order valence-corrected chi connectivity index (χ2v) is 4.89. The zero-order valence-electron chi connectivity index (χ0n) is 10.6. The Morgan fingerprint density at radius 2 is 2.05 bits per heavy atom. The van der Waals surface area contributed by atoms with Crippen molar-refractivity contribution in [3.8, 4) is 6.07 Å². The molecule has 0 aliphatic heterocycles. The van der Waals surface area contributed by atoms with Gasteiger partial charge in [0.1, 0.15) is 11.8 Å². The molecule has 0 bridgehead atoms. The number of aromatic nitrogens is 1. The standard InChI is InChI=1S/C16H15N3/c17-11-16-10-15(7-8-18-16)19-14-6-5-12-3-1-2-4-13(12)9-14/h1-4,7-8,10,14H,5-6,9H2,(H,18,19). The second-order valence-electron chi connectivity index (χ2n) is 4.89. The van der Waals surface area contributed by atoms with E-state index in [4.69, 9.17) is 5.26 Å². The van der Waals surface area contributed by atoms with Gasteiger partial charge in [0.2, 0.25) is 0 Å². The largest absolute Gasteiger partial charge is 0.382 e. The molecule has 0 amide bonds. The Hall–Kier alpha value is -2.34. The van der Waals surface area contributed by atoms with E-state index in [2.05, 4.69) is 40.6 Å². The van der Waals surface area contributed by atoms with Gasteiger partial charge in [-0.15, -0.1) is 0 Å². The van der Waals surface area contributed by atoms with Crippen molar-refractivity contribution in [1.82, 2.24) is 4.98 Å². The number of pyridine rings is 1. The number of hydrogen-bond donors (Lipinski definition) is 1. The number of hydrogen-bond acceptors (Lipinski definition) is 3. The van der Waals surface area contributed by atoms with Crippen molar-refractivity contribution in [2.45, 2.75) is 25.3 Å². The van der Waals surface area contributed by atoms with Crippen molar-refractivity contribution < 1.29 is 0 Å². The van der Waals surface area contributed by atoms with E-state index in [0.29, 0.717) is 11.7 Å². The SMILES string of the molecule is N#Cc1cc(NC2CCc3ccccc3C2)ccn1. The van der Waals surface area contributed by atoms with Crippen LogP contribution in [0.2, 0.25) is 0 Å². The zero-order chi connectivity index (χ0) is 13.1. The van der Waals surface area contributed by atoms with Crippen molar-refractivity contribution in [3.63, 3.8) is 0 Å². The molecule has 1 aliphatic carbocycles. The summed E-state index contributed by atoms with van der Waals surface area (Å²) in [6.07, 6.45) is 4.96. The maximum absolute atomic E-state index is 8.86. The number of fused-ring (bicyclic) bond motifs is 1. The molecular formula is C16H15N3. The predicted molar refractivity (Wildman–Crippen MR) is 74.8 cm³/mol. The fourth-order valence-corrected chi connectivity index (χ4v) is 2.64. The monoisotopic (exact) mass is 249 g/mol. The summed E-state index contributed by atoms with van der Waals surface area (Å²) in [5.74, 6) is 0. The molecule has 2 aromatic rings. The molecule has 0 spiro atoms. The summed E-state index contributed by atoms with van der Waals surface area (Å²) in [7, 11) is 0. The molecule has 1 aromatic heterocycles. The number of nitriles is 1. The lowest BCUT2D eigenvalue weighted by molar-refractivity contribution is 0.611. The van der Waals surface area contributed by atoms with E-state index in [1.165, 1.54) is 11.1 Å². The van der Waals surface area contributed by atoms with Gasteiger partial charge in [-0.2, -0.15) is 5.26 Å². The molecule has 0 fully saturated rings. The maximum Gasteiger partial charge on any atom is 0.142 e. The molecule has 1 atom stereocenters. The number of rotatable bonds is 2. The number of nitrogens with one attached hydrogen (secondary N) is 1. The van der Waals surface area contributed by atoms with Gasteiger partial charge >= 0.3 is 0 Å².